The van der Waals surface area contributed by atoms with Crippen LogP contribution in [0, 0.1) is 45.3 Å². The van der Waals surface area contributed by atoms with Crippen LogP contribution in [-0.4, -0.2) is 17.5 Å². The normalized spacial score (nSPS) is 54.6. The van der Waals surface area contributed by atoms with Crippen molar-refractivity contribution in [3.8, 4) is 0 Å². The minimum Gasteiger partial charge on any atom is -0.367 e. The van der Waals surface area contributed by atoms with Crippen molar-refractivity contribution < 1.29 is 9.53 Å². The fourth-order valence-electron chi connectivity index (χ4n) is 10.8. The van der Waals surface area contributed by atoms with Gasteiger partial charge in [0.1, 0.15) is 5.78 Å². The average molecular weight is 441 g/mol. The summed E-state index contributed by atoms with van der Waals surface area (Å²) in [5.74, 6) is 3.28. The molecule has 0 aromatic rings. The summed E-state index contributed by atoms with van der Waals surface area (Å²) in [5, 5.41) is 0. The number of ketones is 1. The van der Waals surface area contributed by atoms with Crippen LogP contribution in [0.2, 0.25) is 0 Å². The summed E-state index contributed by atoms with van der Waals surface area (Å²) in [4.78, 5) is 12.9. The molecule has 0 radical (unpaired) electrons. The summed E-state index contributed by atoms with van der Waals surface area (Å²) >= 11 is 0. The Balaban J connectivity index is 1.46. The molecule has 180 valence electrons. The third kappa shape index (κ3) is 2.77. The topological polar surface area (TPSA) is 26.3 Å². The number of carbonyl (C=O) groups excluding carboxylic acids is 1. The molecule has 5 aliphatic rings. The first kappa shape index (κ1) is 23.1. The van der Waals surface area contributed by atoms with Gasteiger partial charge in [-0.2, -0.15) is 0 Å². The van der Waals surface area contributed by atoms with E-state index in [-0.39, 0.29) is 17.1 Å². The Labute approximate surface area is 197 Å². The lowest BCUT2D eigenvalue weighted by Gasteiger charge is -2.69. The van der Waals surface area contributed by atoms with E-state index >= 15 is 0 Å². The zero-order valence-corrected chi connectivity index (χ0v) is 22.0. The number of fused-ring (bicyclic) bond motifs is 5. The maximum absolute atomic E-state index is 12.9. The van der Waals surface area contributed by atoms with Gasteiger partial charge < -0.3 is 4.74 Å². The summed E-state index contributed by atoms with van der Waals surface area (Å²) in [6.07, 6.45) is 12.4. The zero-order chi connectivity index (χ0) is 23.3. The molecule has 5 fully saturated rings. The van der Waals surface area contributed by atoms with Gasteiger partial charge in [-0.1, -0.05) is 46.8 Å². The molecule has 1 heterocycles. The van der Waals surface area contributed by atoms with Crippen LogP contribution in [-0.2, 0) is 9.53 Å². The van der Waals surface area contributed by atoms with E-state index in [4.69, 9.17) is 4.74 Å². The Kier molecular flexibility index (Phi) is 5.03. The van der Waals surface area contributed by atoms with Gasteiger partial charge in [-0.15, -0.1) is 0 Å². The molecule has 1 saturated heterocycles. The van der Waals surface area contributed by atoms with Crippen molar-refractivity contribution >= 4 is 5.78 Å². The van der Waals surface area contributed by atoms with Gasteiger partial charge in [0, 0.05) is 11.8 Å². The van der Waals surface area contributed by atoms with Crippen LogP contribution in [0.3, 0.4) is 0 Å². The number of carbonyl (C=O) groups is 1. The Bertz CT molecular complexity index is 827. The van der Waals surface area contributed by atoms with E-state index in [2.05, 4.69) is 55.0 Å². The van der Waals surface area contributed by atoms with E-state index in [0.29, 0.717) is 33.9 Å². The van der Waals surface area contributed by atoms with Crippen LogP contribution in [0.1, 0.15) is 113 Å². The smallest absolute Gasteiger partial charge is 0.138 e. The summed E-state index contributed by atoms with van der Waals surface area (Å²) in [6, 6.07) is 0. The second-order valence-corrected chi connectivity index (χ2v) is 14.3. The van der Waals surface area contributed by atoms with E-state index < -0.39 is 0 Å². The summed E-state index contributed by atoms with van der Waals surface area (Å²) in [7, 11) is 0. The molecule has 2 nitrogen and oxygen atoms in total. The second-order valence-electron chi connectivity index (χ2n) is 14.3. The molecular formula is C30H48O2. The van der Waals surface area contributed by atoms with Gasteiger partial charge in [0.15, 0.2) is 0 Å². The summed E-state index contributed by atoms with van der Waals surface area (Å²) in [6.45, 7) is 21.2. The Hall–Kier alpha value is -0.630. The van der Waals surface area contributed by atoms with Crippen molar-refractivity contribution in [2.24, 2.45) is 45.3 Å². The number of ether oxygens (including phenoxy) is 1. The van der Waals surface area contributed by atoms with Crippen molar-refractivity contribution in [2.45, 2.75) is 124 Å². The monoisotopic (exact) mass is 440 g/mol. The maximum atomic E-state index is 12.9. The van der Waals surface area contributed by atoms with E-state index in [1.54, 1.807) is 0 Å². The van der Waals surface area contributed by atoms with E-state index in [1.165, 1.54) is 50.5 Å². The van der Waals surface area contributed by atoms with Gasteiger partial charge in [-0.3, -0.25) is 4.79 Å². The fraction of sp³-hybridized carbons (Fsp3) is 0.900. The molecule has 4 aliphatic carbocycles. The van der Waals surface area contributed by atoms with Crippen LogP contribution in [0.4, 0.5) is 0 Å². The van der Waals surface area contributed by atoms with Crippen LogP contribution in [0.5, 0.6) is 0 Å². The largest absolute Gasteiger partial charge is 0.367 e. The lowest BCUT2D eigenvalue weighted by Crippen LogP contribution is -2.63. The number of Topliss-reactive ketones (excluding diaryl/α,β-unsaturated/α-hetero) is 1. The summed E-state index contributed by atoms with van der Waals surface area (Å²) < 4.78 is 6.77. The molecule has 0 bridgehead atoms. The molecule has 0 aromatic carbocycles. The minimum absolute atomic E-state index is 0.0234. The SMILES string of the molecule is C=C(C)[C@@H]1CC[C@@](C)([C@H]2CC[C@]3(C)[C@@H]2CC[C@H]2[C@@]4(C)CCC(=O)C(C)(C)[C@@H]4CC[C@]23C)O1. The van der Waals surface area contributed by atoms with Gasteiger partial charge in [-0.05, 0) is 112 Å². The molecule has 32 heavy (non-hydrogen) atoms. The highest BCUT2D eigenvalue weighted by Crippen LogP contribution is 2.75. The van der Waals surface area contributed by atoms with Gasteiger partial charge in [0.05, 0.1) is 11.7 Å². The minimum atomic E-state index is -0.146. The van der Waals surface area contributed by atoms with Crippen LogP contribution in [0.25, 0.3) is 0 Å². The highest BCUT2D eigenvalue weighted by molar-refractivity contribution is 5.85. The Morgan fingerprint density at radius 2 is 1.50 bits per heavy atom. The summed E-state index contributed by atoms with van der Waals surface area (Å²) in [5.41, 5.74) is 2.17. The van der Waals surface area contributed by atoms with Crippen molar-refractivity contribution in [1.29, 1.82) is 0 Å². The van der Waals surface area contributed by atoms with Gasteiger partial charge in [-0.25, -0.2) is 0 Å². The van der Waals surface area contributed by atoms with Crippen LogP contribution >= 0.6 is 0 Å². The molecule has 0 amide bonds. The zero-order valence-electron chi connectivity index (χ0n) is 22.0. The molecular weight excluding hydrogens is 392 g/mol. The molecule has 0 aromatic heterocycles. The highest BCUT2D eigenvalue weighted by atomic mass is 16.5. The molecule has 5 rings (SSSR count). The number of hydrogen-bond acceptors (Lipinski definition) is 2. The third-order valence-electron chi connectivity index (χ3n) is 12.8. The standard InChI is InChI=1S/C30H48O2/c1-19(2)22-12-18-30(8,32-22)21-11-16-28(6)20(21)9-10-24-27(5)15-14-25(31)26(3,4)23(27)13-17-29(24,28)7/h20-24H,1,9-18H2,2-8H3/t20-,21+,22+,23+,24+,27+,28-,29-,30+/m1/s1. The number of hydrogen-bond donors (Lipinski definition) is 0. The van der Waals surface area contributed by atoms with Gasteiger partial charge in [0.2, 0.25) is 0 Å². The van der Waals surface area contributed by atoms with Crippen molar-refractivity contribution in [3.63, 3.8) is 0 Å². The molecule has 0 unspecified atom stereocenters. The van der Waals surface area contributed by atoms with Gasteiger partial charge in [0.25, 0.3) is 0 Å². The molecule has 1 aliphatic heterocycles. The van der Waals surface area contributed by atoms with Crippen molar-refractivity contribution in [3.05, 3.63) is 12.2 Å². The molecule has 9 atom stereocenters. The third-order valence-corrected chi connectivity index (χ3v) is 12.8. The van der Waals surface area contributed by atoms with Crippen molar-refractivity contribution in [1.82, 2.24) is 0 Å². The Morgan fingerprint density at radius 3 is 2.16 bits per heavy atom. The molecule has 4 saturated carbocycles. The molecule has 0 spiro atoms. The predicted molar refractivity (Wildman–Crippen MR) is 131 cm³/mol. The molecule has 0 N–H and O–H groups in total. The van der Waals surface area contributed by atoms with E-state index in [9.17, 15) is 4.79 Å². The van der Waals surface area contributed by atoms with Crippen LogP contribution in [0.15, 0.2) is 12.2 Å². The lowest BCUT2D eigenvalue weighted by atomic mass is 9.35. The average Bonchev–Trinajstić information content (AvgIpc) is 3.28. The second kappa shape index (κ2) is 6.96. The maximum Gasteiger partial charge on any atom is 0.138 e. The van der Waals surface area contributed by atoms with Crippen LogP contribution < -0.4 is 0 Å². The van der Waals surface area contributed by atoms with Gasteiger partial charge >= 0.3 is 0 Å². The fourth-order valence-corrected chi connectivity index (χ4v) is 10.8. The Morgan fingerprint density at radius 1 is 0.812 bits per heavy atom. The van der Waals surface area contributed by atoms with E-state index in [0.717, 1.165) is 31.1 Å². The number of rotatable bonds is 2. The van der Waals surface area contributed by atoms with Crippen molar-refractivity contribution in [2.75, 3.05) is 0 Å². The highest BCUT2D eigenvalue weighted by Gasteiger charge is 2.69. The lowest BCUT2D eigenvalue weighted by molar-refractivity contribution is -0.207. The van der Waals surface area contributed by atoms with E-state index in [1.807, 2.05) is 0 Å². The first-order valence-electron chi connectivity index (χ1n) is 13.7. The first-order chi connectivity index (χ1) is 14.8. The first-order valence-corrected chi connectivity index (χ1v) is 13.7. The predicted octanol–water partition coefficient (Wildman–Crippen LogP) is 7.75. The molecule has 2 heteroatoms. The quantitative estimate of drug-likeness (QED) is 0.410.